The van der Waals surface area contributed by atoms with Gasteiger partial charge in [0.15, 0.2) is 11.5 Å². The van der Waals surface area contributed by atoms with Gasteiger partial charge in [-0.25, -0.2) is 0 Å². The van der Waals surface area contributed by atoms with Gasteiger partial charge in [0.25, 0.3) is 0 Å². The lowest BCUT2D eigenvalue weighted by molar-refractivity contribution is -0.137. The predicted molar refractivity (Wildman–Crippen MR) is 61.1 cm³/mol. The molecule has 92 valence electrons. The number of benzene rings is 1. The Labute approximate surface area is 105 Å². The zero-order valence-electron chi connectivity index (χ0n) is 8.64. The van der Waals surface area contributed by atoms with Crippen LogP contribution in [0.15, 0.2) is 10.5 Å². The third-order valence-corrected chi connectivity index (χ3v) is 3.00. The van der Waals surface area contributed by atoms with E-state index >= 15 is 0 Å². The Kier molecular flexibility index (Phi) is 3.12. The maximum absolute atomic E-state index is 10.6. The average Bonchev–Trinajstić information content (AvgIpc) is 2.65. The molecule has 2 rings (SSSR count). The maximum Gasteiger partial charge on any atom is 0.305 e. The van der Waals surface area contributed by atoms with Crippen molar-refractivity contribution in [1.82, 2.24) is 0 Å². The fraction of sp³-hybridized carbons (Fsp3) is 0.300. The van der Waals surface area contributed by atoms with E-state index in [1.54, 1.807) is 6.07 Å². The summed E-state index contributed by atoms with van der Waals surface area (Å²) < 4.78 is 10.7. The normalized spacial score (nSPS) is 14.7. The number of ether oxygens (including phenoxy) is 2. The van der Waals surface area contributed by atoms with E-state index in [-0.39, 0.29) is 24.5 Å². The van der Waals surface area contributed by atoms with Gasteiger partial charge in [-0.15, -0.1) is 0 Å². The van der Waals surface area contributed by atoms with Gasteiger partial charge in [-0.1, -0.05) is 0 Å². The largest absolute Gasteiger partial charge is 0.506 e. The molecular weight excluding hydrogens is 294 g/mol. The van der Waals surface area contributed by atoms with Crippen LogP contribution < -0.4 is 15.2 Å². The Morgan fingerprint density at radius 1 is 1.59 bits per heavy atom. The van der Waals surface area contributed by atoms with Gasteiger partial charge in [-0.2, -0.15) is 0 Å². The number of fused-ring (bicyclic) bond motifs is 1. The molecule has 1 atom stereocenters. The number of nitrogens with two attached hydrogens (primary N) is 1. The summed E-state index contributed by atoms with van der Waals surface area (Å²) in [6.07, 6.45) is -0.306. The molecule has 0 spiro atoms. The molecule has 7 heteroatoms. The number of hydrogen-bond acceptors (Lipinski definition) is 5. The van der Waals surface area contributed by atoms with Crippen molar-refractivity contribution in [3.63, 3.8) is 0 Å². The summed E-state index contributed by atoms with van der Waals surface area (Å²) in [5.74, 6) is -0.433. The Hall–Kier alpha value is -1.47. The van der Waals surface area contributed by atoms with E-state index in [9.17, 15) is 9.90 Å². The number of rotatable bonds is 3. The third-order valence-electron chi connectivity index (χ3n) is 2.39. The van der Waals surface area contributed by atoms with Crippen LogP contribution in [0, 0.1) is 0 Å². The standard InChI is InChI=1S/C10H10BrNO5/c11-4-1-6-10(17-3-16-6)8(9(4)15)5(12)2-7(13)14/h1,5,15H,2-3,12H2,(H,13,14). The smallest absolute Gasteiger partial charge is 0.305 e. The molecule has 4 N–H and O–H groups in total. The summed E-state index contributed by atoms with van der Waals surface area (Å²) in [7, 11) is 0. The lowest BCUT2D eigenvalue weighted by Gasteiger charge is -2.15. The molecule has 0 amide bonds. The molecule has 0 saturated carbocycles. The number of halogens is 1. The zero-order chi connectivity index (χ0) is 12.6. The molecule has 6 nitrogen and oxygen atoms in total. The highest BCUT2D eigenvalue weighted by Crippen LogP contribution is 2.47. The summed E-state index contributed by atoms with van der Waals surface area (Å²) in [6.45, 7) is 0.0258. The molecule has 0 aliphatic carbocycles. The molecule has 1 heterocycles. The molecule has 0 aromatic heterocycles. The number of carboxylic acids is 1. The quantitative estimate of drug-likeness (QED) is 0.779. The molecule has 1 aliphatic rings. The first kappa shape index (κ1) is 12.0. The van der Waals surface area contributed by atoms with Gasteiger partial charge in [0.2, 0.25) is 6.79 Å². The molecular formula is C10H10BrNO5. The lowest BCUT2D eigenvalue weighted by Crippen LogP contribution is -2.16. The number of aliphatic carboxylic acids is 1. The Bertz CT molecular complexity index is 476. The molecule has 17 heavy (non-hydrogen) atoms. The fourth-order valence-electron chi connectivity index (χ4n) is 1.66. The van der Waals surface area contributed by atoms with Crippen LogP contribution in [-0.2, 0) is 4.79 Å². The van der Waals surface area contributed by atoms with Gasteiger partial charge in [-0.3, -0.25) is 4.79 Å². The number of carbonyl (C=O) groups is 1. The van der Waals surface area contributed by atoms with Crippen LogP contribution in [0.2, 0.25) is 0 Å². The van der Waals surface area contributed by atoms with E-state index in [1.165, 1.54) is 0 Å². The van der Waals surface area contributed by atoms with Crippen molar-refractivity contribution in [3.8, 4) is 17.2 Å². The van der Waals surface area contributed by atoms with Gasteiger partial charge in [0.05, 0.1) is 16.5 Å². The van der Waals surface area contributed by atoms with E-state index in [0.29, 0.717) is 16.0 Å². The van der Waals surface area contributed by atoms with Crippen LogP contribution in [0.5, 0.6) is 17.2 Å². The van der Waals surface area contributed by atoms with Gasteiger partial charge >= 0.3 is 5.97 Å². The highest BCUT2D eigenvalue weighted by molar-refractivity contribution is 9.10. The minimum atomic E-state index is -1.05. The number of hydrogen-bond donors (Lipinski definition) is 3. The predicted octanol–water partition coefficient (Wildman–Crippen LogP) is 1.36. The minimum Gasteiger partial charge on any atom is -0.506 e. The van der Waals surface area contributed by atoms with E-state index in [1.807, 2.05) is 0 Å². The lowest BCUT2D eigenvalue weighted by atomic mass is 10.0. The molecule has 1 unspecified atom stereocenters. The molecule has 0 fully saturated rings. The third kappa shape index (κ3) is 2.16. The van der Waals surface area contributed by atoms with Crippen LogP contribution in [0.25, 0.3) is 0 Å². The molecule has 1 aromatic rings. The number of carboxylic acid groups (broad SMARTS) is 1. The van der Waals surface area contributed by atoms with E-state index in [2.05, 4.69) is 15.9 Å². The highest BCUT2D eigenvalue weighted by Gasteiger charge is 2.28. The summed E-state index contributed by atoms with van der Waals surface area (Å²) in [6, 6.07) is 0.690. The van der Waals surface area contributed by atoms with Crippen LogP contribution >= 0.6 is 15.9 Å². The topological polar surface area (TPSA) is 102 Å². The van der Waals surface area contributed by atoms with Gasteiger partial charge in [-0.05, 0) is 15.9 Å². The Balaban J connectivity index is 2.48. The van der Waals surface area contributed by atoms with Gasteiger partial charge < -0.3 is 25.4 Å². The average molecular weight is 304 g/mol. The van der Waals surface area contributed by atoms with Gasteiger partial charge in [0, 0.05) is 12.1 Å². The van der Waals surface area contributed by atoms with E-state index in [0.717, 1.165) is 0 Å². The number of phenols is 1. The van der Waals surface area contributed by atoms with Crippen molar-refractivity contribution < 1.29 is 24.5 Å². The number of aromatic hydroxyl groups is 1. The Morgan fingerprint density at radius 3 is 2.94 bits per heavy atom. The molecule has 1 aliphatic heterocycles. The highest BCUT2D eigenvalue weighted by atomic mass is 79.9. The van der Waals surface area contributed by atoms with Crippen molar-refractivity contribution in [2.24, 2.45) is 5.73 Å². The number of phenolic OH excluding ortho intramolecular Hbond substituents is 1. The monoisotopic (exact) mass is 303 g/mol. The van der Waals surface area contributed by atoms with Crippen LogP contribution in [0.3, 0.4) is 0 Å². The first-order valence-corrected chi connectivity index (χ1v) is 5.58. The molecule has 0 saturated heterocycles. The SMILES string of the molecule is NC(CC(=O)O)c1c(O)c(Br)cc2c1OCO2. The molecule has 0 bridgehead atoms. The molecule has 0 radical (unpaired) electrons. The van der Waals surface area contributed by atoms with Crippen molar-refractivity contribution in [2.75, 3.05) is 6.79 Å². The van der Waals surface area contributed by atoms with Crippen LogP contribution in [-0.4, -0.2) is 23.0 Å². The zero-order valence-corrected chi connectivity index (χ0v) is 10.2. The van der Waals surface area contributed by atoms with E-state index in [4.69, 9.17) is 20.3 Å². The minimum absolute atomic E-state index is 0.0258. The summed E-state index contributed by atoms with van der Waals surface area (Å²) in [4.78, 5) is 10.6. The van der Waals surface area contributed by atoms with Gasteiger partial charge in [0.1, 0.15) is 5.75 Å². The maximum atomic E-state index is 10.6. The Morgan fingerprint density at radius 2 is 2.29 bits per heavy atom. The first-order valence-electron chi connectivity index (χ1n) is 4.79. The molecule has 1 aromatic carbocycles. The fourth-order valence-corrected chi connectivity index (χ4v) is 2.08. The van der Waals surface area contributed by atoms with Crippen LogP contribution in [0.4, 0.5) is 0 Å². The van der Waals surface area contributed by atoms with Crippen LogP contribution in [0.1, 0.15) is 18.0 Å². The second-order valence-electron chi connectivity index (χ2n) is 3.56. The van der Waals surface area contributed by atoms with Crippen molar-refractivity contribution in [1.29, 1.82) is 0 Å². The van der Waals surface area contributed by atoms with Crippen molar-refractivity contribution in [2.45, 2.75) is 12.5 Å². The van der Waals surface area contributed by atoms with E-state index < -0.39 is 12.0 Å². The summed E-state index contributed by atoms with van der Waals surface area (Å²) in [5, 5.41) is 18.6. The first-order chi connectivity index (χ1) is 8.00. The van der Waals surface area contributed by atoms with Crippen molar-refractivity contribution in [3.05, 3.63) is 16.1 Å². The summed E-state index contributed by atoms with van der Waals surface area (Å²) in [5.41, 5.74) is 5.99. The summed E-state index contributed by atoms with van der Waals surface area (Å²) >= 11 is 3.15. The second-order valence-corrected chi connectivity index (χ2v) is 4.41. The van der Waals surface area contributed by atoms with Crippen molar-refractivity contribution >= 4 is 21.9 Å². The second kappa shape index (κ2) is 4.42.